The number of nitrogens with zero attached hydrogens (tertiary/aromatic N) is 1. The Bertz CT molecular complexity index is 380. The Labute approximate surface area is 110 Å². The van der Waals surface area contributed by atoms with Crippen molar-refractivity contribution < 1.29 is 9.47 Å². The van der Waals surface area contributed by atoms with Gasteiger partial charge in [0.05, 0.1) is 19.9 Å². The van der Waals surface area contributed by atoms with Crippen molar-refractivity contribution in [1.29, 1.82) is 0 Å². The van der Waals surface area contributed by atoms with Gasteiger partial charge in [-0.2, -0.15) is 0 Å². The Kier molecular flexibility index (Phi) is 5.78. The molecule has 0 amide bonds. The lowest BCUT2D eigenvalue weighted by Crippen LogP contribution is -2.21. The van der Waals surface area contributed by atoms with E-state index in [1.807, 2.05) is 12.1 Å². The number of rotatable bonds is 7. The molecule has 0 aliphatic carbocycles. The van der Waals surface area contributed by atoms with Crippen LogP contribution < -0.4 is 20.1 Å². The summed E-state index contributed by atoms with van der Waals surface area (Å²) in [4.78, 5) is 2.21. The Morgan fingerprint density at radius 3 is 2.44 bits per heavy atom. The van der Waals surface area contributed by atoms with Gasteiger partial charge in [-0.15, -0.1) is 0 Å². The summed E-state index contributed by atoms with van der Waals surface area (Å²) >= 11 is 0. The highest BCUT2D eigenvalue weighted by molar-refractivity contribution is 5.65. The number of methoxy groups -OCH3 is 2. The number of anilines is 1. The van der Waals surface area contributed by atoms with Crippen molar-refractivity contribution in [3.63, 3.8) is 0 Å². The average Bonchev–Trinajstić information content (AvgIpc) is 2.37. The molecule has 0 heterocycles. The van der Waals surface area contributed by atoms with Crippen LogP contribution in [0.5, 0.6) is 11.5 Å². The van der Waals surface area contributed by atoms with Gasteiger partial charge < -0.3 is 20.1 Å². The summed E-state index contributed by atoms with van der Waals surface area (Å²) in [5, 5.41) is 0. The first kappa shape index (κ1) is 14.6. The van der Waals surface area contributed by atoms with Crippen molar-refractivity contribution in [2.24, 2.45) is 5.73 Å². The highest BCUT2D eigenvalue weighted by Gasteiger charge is 2.13. The maximum atomic E-state index is 5.52. The van der Waals surface area contributed by atoms with Crippen LogP contribution in [0.15, 0.2) is 12.1 Å². The summed E-state index contributed by atoms with van der Waals surface area (Å²) in [7, 11) is 5.43. The molecule has 18 heavy (non-hydrogen) atoms. The number of ether oxygens (including phenoxy) is 2. The normalized spacial score (nSPS) is 10.3. The molecule has 4 heteroatoms. The average molecular weight is 252 g/mol. The third-order valence-corrected chi connectivity index (χ3v) is 3.02. The number of hydrogen-bond acceptors (Lipinski definition) is 4. The smallest absolute Gasteiger partial charge is 0.146 e. The van der Waals surface area contributed by atoms with E-state index in [2.05, 4.69) is 18.9 Å². The first-order valence-corrected chi connectivity index (χ1v) is 6.27. The van der Waals surface area contributed by atoms with Gasteiger partial charge in [0.1, 0.15) is 11.5 Å². The summed E-state index contributed by atoms with van der Waals surface area (Å²) < 4.78 is 10.7. The zero-order chi connectivity index (χ0) is 13.5. The Morgan fingerprint density at radius 2 is 1.89 bits per heavy atom. The lowest BCUT2D eigenvalue weighted by atomic mass is 10.1. The summed E-state index contributed by atoms with van der Waals surface area (Å²) in [6.45, 7) is 3.78. The quantitative estimate of drug-likeness (QED) is 0.756. The van der Waals surface area contributed by atoms with E-state index in [0.717, 1.165) is 48.7 Å². The van der Waals surface area contributed by atoms with E-state index in [9.17, 15) is 0 Å². The van der Waals surface area contributed by atoms with Crippen LogP contribution in [0.25, 0.3) is 0 Å². The van der Waals surface area contributed by atoms with E-state index < -0.39 is 0 Å². The van der Waals surface area contributed by atoms with Crippen molar-refractivity contribution in [3.05, 3.63) is 17.7 Å². The van der Waals surface area contributed by atoms with Gasteiger partial charge in [0, 0.05) is 19.7 Å². The molecule has 0 saturated heterocycles. The van der Waals surface area contributed by atoms with Gasteiger partial charge in [-0.25, -0.2) is 0 Å². The SMILES string of the molecule is COc1cc(C)c(N(C)CCCCN)c(OC)c1. The number of nitrogens with two attached hydrogens (primary N) is 1. The highest BCUT2D eigenvalue weighted by Crippen LogP contribution is 2.35. The maximum absolute atomic E-state index is 5.52. The molecule has 0 aliphatic rings. The summed E-state index contributed by atoms with van der Waals surface area (Å²) in [5.74, 6) is 1.67. The molecule has 0 fully saturated rings. The second kappa shape index (κ2) is 7.11. The maximum Gasteiger partial charge on any atom is 0.146 e. The molecule has 0 saturated carbocycles. The van der Waals surface area contributed by atoms with E-state index in [-0.39, 0.29) is 0 Å². The molecule has 1 rings (SSSR count). The van der Waals surface area contributed by atoms with Crippen molar-refractivity contribution >= 4 is 5.69 Å². The van der Waals surface area contributed by atoms with Crippen LogP contribution >= 0.6 is 0 Å². The van der Waals surface area contributed by atoms with Gasteiger partial charge in [-0.3, -0.25) is 0 Å². The van der Waals surface area contributed by atoms with Gasteiger partial charge in [0.2, 0.25) is 0 Å². The second-order valence-corrected chi connectivity index (χ2v) is 4.41. The van der Waals surface area contributed by atoms with Gasteiger partial charge >= 0.3 is 0 Å². The van der Waals surface area contributed by atoms with E-state index in [1.54, 1.807) is 14.2 Å². The first-order chi connectivity index (χ1) is 8.63. The number of aryl methyl sites for hydroxylation is 1. The molecule has 1 aromatic carbocycles. The fourth-order valence-corrected chi connectivity index (χ4v) is 2.08. The highest BCUT2D eigenvalue weighted by atomic mass is 16.5. The zero-order valence-electron chi connectivity index (χ0n) is 11.8. The van der Waals surface area contributed by atoms with Crippen LogP contribution in [0.3, 0.4) is 0 Å². The molecule has 4 nitrogen and oxygen atoms in total. The largest absolute Gasteiger partial charge is 0.497 e. The van der Waals surface area contributed by atoms with Crippen molar-refractivity contribution in [3.8, 4) is 11.5 Å². The monoisotopic (exact) mass is 252 g/mol. The molecule has 0 bridgehead atoms. The third-order valence-electron chi connectivity index (χ3n) is 3.02. The molecule has 0 atom stereocenters. The van der Waals surface area contributed by atoms with Gasteiger partial charge in [0.15, 0.2) is 0 Å². The van der Waals surface area contributed by atoms with Crippen LogP contribution in [0.1, 0.15) is 18.4 Å². The van der Waals surface area contributed by atoms with Crippen molar-refractivity contribution in [2.75, 3.05) is 39.3 Å². The van der Waals surface area contributed by atoms with Crippen molar-refractivity contribution in [1.82, 2.24) is 0 Å². The summed E-state index contributed by atoms with van der Waals surface area (Å²) in [6.07, 6.45) is 2.13. The Hall–Kier alpha value is -1.42. The van der Waals surface area contributed by atoms with Crippen LogP contribution in [0.2, 0.25) is 0 Å². The van der Waals surface area contributed by atoms with Gasteiger partial charge in [-0.1, -0.05) is 0 Å². The van der Waals surface area contributed by atoms with E-state index in [4.69, 9.17) is 15.2 Å². The van der Waals surface area contributed by atoms with Gasteiger partial charge in [-0.05, 0) is 37.9 Å². The van der Waals surface area contributed by atoms with E-state index >= 15 is 0 Å². The predicted octanol–water partition coefficient (Wildman–Crippen LogP) is 2.19. The number of hydrogen-bond donors (Lipinski definition) is 1. The minimum Gasteiger partial charge on any atom is -0.497 e. The topological polar surface area (TPSA) is 47.7 Å². The molecule has 0 radical (unpaired) electrons. The fraction of sp³-hybridized carbons (Fsp3) is 0.571. The molecule has 0 unspecified atom stereocenters. The Balaban J connectivity index is 2.92. The zero-order valence-corrected chi connectivity index (χ0v) is 11.8. The fourth-order valence-electron chi connectivity index (χ4n) is 2.08. The minimum atomic E-state index is 0.743. The van der Waals surface area contributed by atoms with Gasteiger partial charge in [0.25, 0.3) is 0 Å². The molecule has 2 N–H and O–H groups in total. The predicted molar refractivity (Wildman–Crippen MR) is 75.8 cm³/mol. The van der Waals surface area contributed by atoms with E-state index in [1.165, 1.54) is 0 Å². The molecule has 102 valence electrons. The molecule has 0 aliphatic heterocycles. The third kappa shape index (κ3) is 3.53. The first-order valence-electron chi connectivity index (χ1n) is 6.27. The lowest BCUT2D eigenvalue weighted by molar-refractivity contribution is 0.394. The van der Waals surface area contributed by atoms with Crippen LogP contribution in [-0.4, -0.2) is 34.4 Å². The second-order valence-electron chi connectivity index (χ2n) is 4.41. The summed E-state index contributed by atoms with van der Waals surface area (Å²) in [6, 6.07) is 3.94. The Morgan fingerprint density at radius 1 is 1.17 bits per heavy atom. The molecular formula is C14H24N2O2. The lowest BCUT2D eigenvalue weighted by Gasteiger charge is -2.24. The van der Waals surface area contributed by atoms with Crippen LogP contribution in [0, 0.1) is 6.92 Å². The van der Waals surface area contributed by atoms with Crippen molar-refractivity contribution in [2.45, 2.75) is 19.8 Å². The summed E-state index contributed by atoms with van der Waals surface area (Å²) in [5.41, 5.74) is 7.79. The standard InChI is InChI=1S/C14H24N2O2/c1-11-9-12(17-3)10-13(18-4)14(11)16(2)8-6-5-7-15/h9-10H,5-8,15H2,1-4H3. The number of benzene rings is 1. The minimum absolute atomic E-state index is 0.743. The van der Waals surface area contributed by atoms with E-state index in [0.29, 0.717) is 0 Å². The molecule has 1 aromatic rings. The number of unbranched alkanes of at least 4 members (excludes halogenated alkanes) is 1. The molecular weight excluding hydrogens is 228 g/mol. The van der Waals surface area contributed by atoms with Crippen LogP contribution in [-0.2, 0) is 0 Å². The molecule has 0 aromatic heterocycles. The molecule has 0 spiro atoms. The van der Waals surface area contributed by atoms with Crippen LogP contribution in [0.4, 0.5) is 5.69 Å².